The largest absolute Gasteiger partial charge is 0.497 e. The van der Waals surface area contributed by atoms with Gasteiger partial charge in [0.1, 0.15) is 11.6 Å². The second kappa shape index (κ2) is 8.80. The number of carbonyl (C=O) groups is 1. The molecular formula is C19H27N5O2. The van der Waals surface area contributed by atoms with Crippen LogP contribution < -0.4 is 15.4 Å². The number of nitrogens with one attached hydrogen (secondary N) is 3. The molecule has 0 aliphatic carbocycles. The van der Waals surface area contributed by atoms with Crippen LogP contribution in [0, 0.1) is 11.8 Å². The number of rotatable bonds is 7. The summed E-state index contributed by atoms with van der Waals surface area (Å²) in [6.45, 7) is 4.65. The molecule has 2 aromatic rings. The van der Waals surface area contributed by atoms with Crippen molar-refractivity contribution in [3.05, 3.63) is 30.1 Å². The molecule has 1 atom stereocenters. The molecule has 1 unspecified atom stereocenters. The van der Waals surface area contributed by atoms with E-state index in [0.717, 1.165) is 37.2 Å². The van der Waals surface area contributed by atoms with Gasteiger partial charge in [0.15, 0.2) is 5.82 Å². The van der Waals surface area contributed by atoms with Crippen molar-refractivity contribution in [1.82, 2.24) is 25.8 Å². The Morgan fingerprint density at radius 1 is 1.31 bits per heavy atom. The summed E-state index contributed by atoms with van der Waals surface area (Å²) in [6, 6.07) is 7.56. The first-order valence-electron chi connectivity index (χ1n) is 9.19. The molecule has 1 aromatic heterocycles. The van der Waals surface area contributed by atoms with Gasteiger partial charge in [-0.25, -0.2) is 4.98 Å². The number of ether oxygens (including phenoxy) is 1. The monoisotopic (exact) mass is 357 g/mol. The van der Waals surface area contributed by atoms with E-state index in [0.29, 0.717) is 36.5 Å². The normalized spacial score (nSPS) is 16.2. The van der Waals surface area contributed by atoms with Gasteiger partial charge in [-0.3, -0.25) is 9.89 Å². The molecule has 0 bridgehead atoms. The van der Waals surface area contributed by atoms with Crippen molar-refractivity contribution in [3.8, 4) is 17.1 Å². The number of amides is 1. The summed E-state index contributed by atoms with van der Waals surface area (Å²) in [7, 11) is 1.63. The lowest BCUT2D eigenvalue weighted by Crippen LogP contribution is -2.33. The molecule has 7 heteroatoms. The molecule has 1 saturated heterocycles. The molecule has 2 heterocycles. The van der Waals surface area contributed by atoms with Gasteiger partial charge in [0.25, 0.3) is 0 Å². The van der Waals surface area contributed by atoms with Crippen molar-refractivity contribution in [2.45, 2.75) is 32.7 Å². The number of benzene rings is 1. The summed E-state index contributed by atoms with van der Waals surface area (Å²) in [5.41, 5.74) is 0.902. The highest BCUT2D eigenvalue weighted by Gasteiger charge is 2.22. The summed E-state index contributed by atoms with van der Waals surface area (Å²) < 4.78 is 5.15. The lowest BCUT2D eigenvalue weighted by molar-refractivity contribution is -0.122. The van der Waals surface area contributed by atoms with E-state index >= 15 is 0 Å². The van der Waals surface area contributed by atoms with Gasteiger partial charge >= 0.3 is 0 Å². The topological polar surface area (TPSA) is 91.9 Å². The lowest BCUT2D eigenvalue weighted by Gasteiger charge is -2.27. The van der Waals surface area contributed by atoms with E-state index in [2.05, 4.69) is 32.7 Å². The Bertz CT molecular complexity index is 707. The third-order valence-electron chi connectivity index (χ3n) is 5.03. The number of carbonyl (C=O) groups excluding carboxylic acids is 1. The molecule has 0 saturated carbocycles. The van der Waals surface area contributed by atoms with Crippen LogP contribution in [0.3, 0.4) is 0 Å². The van der Waals surface area contributed by atoms with Gasteiger partial charge in [-0.2, -0.15) is 5.10 Å². The Labute approximate surface area is 153 Å². The van der Waals surface area contributed by atoms with E-state index < -0.39 is 0 Å². The van der Waals surface area contributed by atoms with Gasteiger partial charge in [-0.15, -0.1) is 0 Å². The Hall–Kier alpha value is -2.41. The highest BCUT2D eigenvalue weighted by atomic mass is 16.5. The molecule has 1 aliphatic heterocycles. The number of nitrogens with zero attached hydrogens (tertiary/aromatic N) is 2. The Kier molecular flexibility index (Phi) is 6.22. The first kappa shape index (κ1) is 18.4. The Morgan fingerprint density at radius 2 is 2.04 bits per heavy atom. The maximum absolute atomic E-state index is 12.2. The molecule has 0 radical (unpaired) electrons. The first-order valence-corrected chi connectivity index (χ1v) is 9.19. The van der Waals surface area contributed by atoms with Gasteiger partial charge < -0.3 is 15.4 Å². The molecule has 7 nitrogen and oxygen atoms in total. The van der Waals surface area contributed by atoms with Crippen molar-refractivity contribution in [3.63, 3.8) is 0 Å². The van der Waals surface area contributed by atoms with Crippen LogP contribution in [-0.2, 0) is 11.3 Å². The van der Waals surface area contributed by atoms with Gasteiger partial charge in [-0.05, 0) is 62.0 Å². The predicted octanol–water partition coefficient (Wildman–Crippen LogP) is 2.12. The number of aromatic amines is 1. The average Bonchev–Trinajstić information content (AvgIpc) is 3.16. The van der Waals surface area contributed by atoms with Crippen molar-refractivity contribution < 1.29 is 9.53 Å². The first-order chi connectivity index (χ1) is 12.7. The van der Waals surface area contributed by atoms with Crippen LogP contribution in [0.15, 0.2) is 24.3 Å². The quantitative estimate of drug-likeness (QED) is 0.706. The molecule has 140 valence electrons. The molecule has 26 heavy (non-hydrogen) atoms. The zero-order valence-corrected chi connectivity index (χ0v) is 15.4. The Morgan fingerprint density at radius 3 is 2.73 bits per heavy atom. The van der Waals surface area contributed by atoms with E-state index in [1.54, 1.807) is 7.11 Å². The van der Waals surface area contributed by atoms with Crippen molar-refractivity contribution >= 4 is 5.91 Å². The Balaban J connectivity index is 1.48. The van der Waals surface area contributed by atoms with Crippen LogP contribution in [-0.4, -0.2) is 41.3 Å². The zero-order valence-electron chi connectivity index (χ0n) is 15.4. The maximum atomic E-state index is 12.2. The minimum absolute atomic E-state index is 0.0680. The van der Waals surface area contributed by atoms with Gasteiger partial charge in [0, 0.05) is 12.0 Å². The number of hydrogen-bond donors (Lipinski definition) is 3. The number of piperidine rings is 1. The summed E-state index contributed by atoms with van der Waals surface area (Å²) in [5, 5.41) is 13.4. The standard InChI is InChI=1S/C19H27N5O2/c1-13(14-7-9-20-10-8-14)11-18(25)21-12-17-22-19(24-23-17)15-3-5-16(26-2)6-4-15/h3-6,13-14,20H,7-12H2,1-2H3,(H,21,25)(H,22,23,24). The number of methoxy groups -OCH3 is 1. The minimum Gasteiger partial charge on any atom is -0.497 e. The minimum atomic E-state index is 0.0680. The maximum Gasteiger partial charge on any atom is 0.220 e. The molecule has 0 spiro atoms. The van der Waals surface area contributed by atoms with Gasteiger partial charge in [0.2, 0.25) is 5.91 Å². The van der Waals surface area contributed by atoms with Gasteiger partial charge in [0.05, 0.1) is 13.7 Å². The highest BCUT2D eigenvalue weighted by Crippen LogP contribution is 2.24. The fraction of sp³-hybridized carbons (Fsp3) is 0.526. The van der Waals surface area contributed by atoms with Crippen molar-refractivity contribution in [2.75, 3.05) is 20.2 Å². The highest BCUT2D eigenvalue weighted by molar-refractivity contribution is 5.76. The number of aromatic nitrogens is 3. The van der Waals surface area contributed by atoms with E-state index in [1.165, 1.54) is 0 Å². The van der Waals surface area contributed by atoms with E-state index in [-0.39, 0.29) is 5.91 Å². The smallest absolute Gasteiger partial charge is 0.220 e. The average molecular weight is 357 g/mol. The predicted molar refractivity (Wildman–Crippen MR) is 99.6 cm³/mol. The van der Waals surface area contributed by atoms with Crippen LogP contribution >= 0.6 is 0 Å². The second-order valence-electron chi connectivity index (χ2n) is 6.88. The summed E-state index contributed by atoms with van der Waals surface area (Å²) >= 11 is 0. The van der Waals surface area contributed by atoms with E-state index in [9.17, 15) is 4.79 Å². The van der Waals surface area contributed by atoms with Crippen LogP contribution in [0.25, 0.3) is 11.4 Å². The molecule has 1 aromatic carbocycles. The van der Waals surface area contributed by atoms with Crippen molar-refractivity contribution in [2.24, 2.45) is 11.8 Å². The van der Waals surface area contributed by atoms with E-state index in [4.69, 9.17) is 4.74 Å². The number of H-pyrrole nitrogens is 1. The molecule has 1 amide bonds. The molecule has 3 N–H and O–H groups in total. The molecular weight excluding hydrogens is 330 g/mol. The number of hydrogen-bond acceptors (Lipinski definition) is 5. The van der Waals surface area contributed by atoms with Crippen molar-refractivity contribution in [1.29, 1.82) is 0 Å². The lowest BCUT2D eigenvalue weighted by atomic mass is 9.84. The van der Waals surface area contributed by atoms with Gasteiger partial charge in [-0.1, -0.05) is 6.92 Å². The third-order valence-corrected chi connectivity index (χ3v) is 5.03. The summed E-state index contributed by atoms with van der Waals surface area (Å²) in [6.07, 6.45) is 2.87. The summed E-state index contributed by atoms with van der Waals surface area (Å²) in [4.78, 5) is 16.7. The fourth-order valence-electron chi connectivity index (χ4n) is 3.37. The van der Waals surface area contributed by atoms with Crippen LogP contribution in [0.4, 0.5) is 0 Å². The fourth-order valence-corrected chi connectivity index (χ4v) is 3.37. The zero-order chi connectivity index (χ0) is 18.4. The summed E-state index contributed by atoms with van der Waals surface area (Å²) in [5.74, 6) is 3.16. The molecule has 1 aliphatic rings. The van der Waals surface area contributed by atoms with Crippen LogP contribution in [0.2, 0.25) is 0 Å². The molecule has 1 fully saturated rings. The van der Waals surface area contributed by atoms with Crippen LogP contribution in [0.1, 0.15) is 32.0 Å². The second-order valence-corrected chi connectivity index (χ2v) is 6.88. The van der Waals surface area contributed by atoms with Crippen LogP contribution in [0.5, 0.6) is 5.75 Å². The van der Waals surface area contributed by atoms with E-state index in [1.807, 2.05) is 24.3 Å². The third kappa shape index (κ3) is 4.82. The molecule has 3 rings (SSSR count). The SMILES string of the molecule is COc1ccc(-c2n[nH]c(CNC(=O)CC(C)C3CCNCC3)n2)cc1.